The van der Waals surface area contributed by atoms with Gasteiger partial charge in [0.1, 0.15) is 0 Å². The molecule has 1 saturated heterocycles. The van der Waals surface area contributed by atoms with Gasteiger partial charge in [0, 0.05) is 6.54 Å². The van der Waals surface area contributed by atoms with Gasteiger partial charge in [0.05, 0.1) is 39.3 Å². The van der Waals surface area contributed by atoms with E-state index in [1.165, 1.54) is 12.1 Å². The van der Waals surface area contributed by atoms with E-state index in [-0.39, 0.29) is 16.4 Å². The summed E-state index contributed by atoms with van der Waals surface area (Å²) < 4.78 is 45.6. The van der Waals surface area contributed by atoms with Crippen molar-refractivity contribution in [2.24, 2.45) is 3.77 Å². The van der Waals surface area contributed by atoms with Gasteiger partial charge in [-0.3, -0.25) is 0 Å². The van der Waals surface area contributed by atoms with Crippen LogP contribution in [-0.2, 0) is 31.0 Å². The highest BCUT2D eigenvalue weighted by Gasteiger charge is 2.21. The second kappa shape index (κ2) is 6.43. The zero-order valence-electron chi connectivity index (χ0n) is 12.2. The van der Waals surface area contributed by atoms with Crippen LogP contribution in [0.2, 0.25) is 0 Å². The molecule has 1 heterocycles. The number of rotatable bonds is 4. The zero-order chi connectivity index (χ0) is 15.5. The Morgan fingerprint density at radius 3 is 2.29 bits per heavy atom. The summed E-state index contributed by atoms with van der Waals surface area (Å²) in [5.41, 5.74) is 1.01. The first kappa shape index (κ1) is 16.4. The lowest BCUT2D eigenvalue weighted by Crippen LogP contribution is -2.26. The highest BCUT2D eigenvalue weighted by atomic mass is 32.3. The second-order valence-corrected chi connectivity index (χ2v) is 9.60. The number of hydrogen-bond donors (Lipinski definition) is 0. The molecule has 6 nitrogen and oxygen atoms in total. The monoisotopic (exact) mass is 332 g/mol. The van der Waals surface area contributed by atoms with Crippen LogP contribution in [0.15, 0.2) is 32.9 Å². The van der Waals surface area contributed by atoms with E-state index in [0.717, 1.165) is 12.1 Å². The topological polar surface area (TPSA) is 76.0 Å². The van der Waals surface area contributed by atoms with Gasteiger partial charge in [0.15, 0.2) is 0 Å². The van der Waals surface area contributed by atoms with Crippen LogP contribution in [0.3, 0.4) is 0 Å². The predicted octanol–water partition coefficient (Wildman–Crippen LogP) is 0.935. The molecule has 0 radical (unpaired) electrons. The van der Waals surface area contributed by atoms with E-state index in [1.807, 2.05) is 19.0 Å². The molecule has 0 spiro atoms. The van der Waals surface area contributed by atoms with Crippen molar-refractivity contribution in [2.45, 2.75) is 11.4 Å². The highest BCUT2D eigenvalue weighted by molar-refractivity contribution is 8.03. The van der Waals surface area contributed by atoms with Crippen molar-refractivity contribution < 1.29 is 17.4 Å². The Bertz CT molecular complexity index is 690. The molecule has 1 aliphatic rings. The molecule has 8 heteroatoms. The first-order valence-corrected chi connectivity index (χ1v) is 9.90. The molecular weight excluding hydrogens is 312 g/mol. The van der Waals surface area contributed by atoms with Crippen molar-refractivity contribution in [3.63, 3.8) is 0 Å². The molecule has 1 aliphatic heterocycles. The van der Waals surface area contributed by atoms with Gasteiger partial charge in [-0.1, -0.05) is 12.1 Å². The van der Waals surface area contributed by atoms with Crippen molar-refractivity contribution >= 4 is 19.8 Å². The van der Waals surface area contributed by atoms with Crippen LogP contribution >= 0.6 is 0 Å². The van der Waals surface area contributed by atoms with Crippen LogP contribution in [-0.4, -0.2) is 56.3 Å². The minimum atomic E-state index is -3.88. The molecule has 0 saturated carbocycles. The maximum absolute atomic E-state index is 12.4. The molecule has 0 N–H and O–H groups in total. The van der Waals surface area contributed by atoms with E-state index in [2.05, 4.69) is 3.77 Å². The minimum absolute atomic E-state index is 0.0826. The SMILES string of the molecule is CN(C)Cc1ccc(S(=O)(=O)N=S2(=O)CCOCC2)cc1. The summed E-state index contributed by atoms with van der Waals surface area (Å²) in [6, 6.07) is 6.53. The third kappa shape index (κ3) is 4.50. The zero-order valence-corrected chi connectivity index (χ0v) is 13.8. The van der Waals surface area contributed by atoms with Crippen LogP contribution in [0.25, 0.3) is 0 Å². The normalized spacial score (nSPS) is 18.6. The molecule has 0 aromatic heterocycles. The fourth-order valence-corrected chi connectivity index (χ4v) is 5.82. The third-order valence-electron chi connectivity index (χ3n) is 3.05. The van der Waals surface area contributed by atoms with Crippen molar-refractivity contribution in [3.05, 3.63) is 29.8 Å². The van der Waals surface area contributed by atoms with E-state index < -0.39 is 19.8 Å². The maximum atomic E-state index is 12.4. The Balaban J connectivity index is 2.27. The average molecular weight is 332 g/mol. The summed E-state index contributed by atoms with van der Waals surface area (Å²) in [6.45, 7) is 1.31. The Kier molecular flexibility index (Phi) is 5.03. The summed E-state index contributed by atoms with van der Waals surface area (Å²) in [7, 11) is -2.72. The van der Waals surface area contributed by atoms with E-state index in [0.29, 0.717) is 13.2 Å². The standard InChI is InChI=1S/C13H20N2O4S2/c1-15(2)11-12-3-5-13(6-4-12)21(17,18)14-20(16)9-7-19-8-10-20/h3-6H,7-11H2,1-2H3. The van der Waals surface area contributed by atoms with Crippen molar-refractivity contribution in [1.29, 1.82) is 0 Å². The van der Waals surface area contributed by atoms with Gasteiger partial charge in [-0.15, -0.1) is 3.77 Å². The van der Waals surface area contributed by atoms with Crippen LogP contribution in [0.4, 0.5) is 0 Å². The summed E-state index contributed by atoms with van der Waals surface area (Å²) in [4.78, 5) is 2.08. The van der Waals surface area contributed by atoms with Crippen LogP contribution in [0, 0.1) is 0 Å². The highest BCUT2D eigenvalue weighted by Crippen LogP contribution is 2.17. The molecule has 0 amide bonds. The maximum Gasteiger partial charge on any atom is 0.290 e. The van der Waals surface area contributed by atoms with Gasteiger partial charge in [0.25, 0.3) is 10.0 Å². The van der Waals surface area contributed by atoms with E-state index >= 15 is 0 Å². The van der Waals surface area contributed by atoms with E-state index in [4.69, 9.17) is 4.74 Å². The number of nitrogens with zero attached hydrogens (tertiary/aromatic N) is 2. The third-order valence-corrected chi connectivity index (χ3v) is 7.40. The van der Waals surface area contributed by atoms with Crippen molar-refractivity contribution in [3.8, 4) is 0 Å². The molecule has 1 aromatic rings. The van der Waals surface area contributed by atoms with Gasteiger partial charge in [0.2, 0.25) is 0 Å². The quantitative estimate of drug-likeness (QED) is 0.820. The number of benzene rings is 1. The molecule has 0 atom stereocenters. The molecule has 1 fully saturated rings. The molecule has 118 valence electrons. The van der Waals surface area contributed by atoms with Crippen LogP contribution in [0.1, 0.15) is 5.56 Å². The Labute approximate surface area is 126 Å². The predicted molar refractivity (Wildman–Crippen MR) is 82.1 cm³/mol. The summed E-state index contributed by atoms with van der Waals surface area (Å²) in [5.74, 6) is 0.343. The molecule has 1 aromatic carbocycles. The molecule has 0 aliphatic carbocycles. The Morgan fingerprint density at radius 1 is 1.19 bits per heavy atom. The van der Waals surface area contributed by atoms with Gasteiger partial charge in [-0.05, 0) is 31.8 Å². The lowest BCUT2D eigenvalue weighted by molar-refractivity contribution is 0.158. The molecule has 21 heavy (non-hydrogen) atoms. The average Bonchev–Trinajstić information content (AvgIpc) is 2.38. The lowest BCUT2D eigenvalue weighted by Gasteiger charge is -2.15. The summed E-state index contributed by atoms with van der Waals surface area (Å²) in [5, 5.41) is 0. The van der Waals surface area contributed by atoms with E-state index in [1.54, 1.807) is 12.1 Å². The van der Waals surface area contributed by atoms with Gasteiger partial charge in [-0.25, -0.2) is 4.21 Å². The number of ether oxygens (including phenoxy) is 1. The Hall–Kier alpha value is -0.960. The fraction of sp³-hybridized carbons (Fsp3) is 0.538. The molecule has 0 bridgehead atoms. The number of sulfonamides is 1. The first-order valence-electron chi connectivity index (χ1n) is 6.61. The fourth-order valence-electron chi connectivity index (χ4n) is 2.01. The minimum Gasteiger partial charge on any atom is -0.379 e. The largest absolute Gasteiger partial charge is 0.379 e. The second-order valence-electron chi connectivity index (χ2n) is 5.22. The molecule has 2 rings (SSSR count). The summed E-state index contributed by atoms with van der Waals surface area (Å²) >= 11 is 0. The van der Waals surface area contributed by atoms with Gasteiger partial charge >= 0.3 is 0 Å². The first-order chi connectivity index (χ1) is 9.81. The van der Waals surface area contributed by atoms with E-state index in [9.17, 15) is 12.6 Å². The summed E-state index contributed by atoms with van der Waals surface area (Å²) in [6.07, 6.45) is 0. The van der Waals surface area contributed by atoms with Crippen LogP contribution < -0.4 is 0 Å². The Morgan fingerprint density at radius 2 is 1.76 bits per heavy atom. The van der Waals surface area contributed by atoms with Crippen molar-refractivity contribution in [2.75, 3.05) is 38.8 Å². The molecule has 0 unspecified atom stereocenters. The van der Waals surface area contributed by atoms with Crippen LogP contribution in [0.5, 0.6) is 0 Å². The molecular formula is C13H20N2O4S2. The number of hydrogen-bond acceptors (Lipinski definition) is 5. The van der Waals surface area contributed by atoms with Gasteiger partial charge < -0.3 is 9.64 Å². The van der Waals surface area contributed by atoms with Gasteiger partial charge in [-0.2, -0.15) is 8.42 Å². The lowest BCUT2D eigenvalue weighted by atomic mass is 10.2. The smallest absolute Gasteiger partial charge is 0.290 e. The van der Waals surface area contributed by atoms with Crippen molar-refractivity contribution in [1.82, 2.24) is 4.90 Å².